The largest absolute Gasteiger partial charge is 0.496 e. The Labute approximate surface area is 195 Å². The molecule has 9 heteroatoms. The first kappa shape index (κ1) is 24.9. The molecule has 1 N–H and O–H groups in total. The zero-order valence-electron chi connectivity index (χ0n) is 19.4. The van der Waals surface area contributed by atoms with E-state index in [4.69, 9.17) is 14.2 Å². The molecule has 1 aliphatic rings. The minimum absolute atomic E-state index is 0.0955. The molecule has 180 valence electrons. The van der Waals surface area contributed by atoms with Crippen LogP contribution >= 0.6 is 0 Å². The smallest absolute Gasteiger partial charge is 0.255 e. The highest BCUT2D eigenvalue weighted by atomic mass is 32.2. The Bertz CT molecular complexity index is 1060. The van der Waals surface area contributed by atoms with Crippen LogP contribution in [0.25, 0.3) is 0 Å². The maximum absolute atomic E-state index is 13.2. The maximum atomic E-state index is 13.2. The lowest BCUT2D eigenvalue weighted by molar-refractivity contribution is 0.0947. The van der Waals surface area contributed by atoms with Crippen LogP contribution in [-0.2, 0) is 16.6 Å². The van der Waals surface area contributed by atoms with Crippen molar-refractivity contribution in [1.82, 2.24) is 9.62 Å². The van der Waals surface area contributed by atoms with E-state index in [2.05, 4.69) is 5.32 Å². The van der Waals surface area contributed by atoms with Crippen LogP contribution in [0.1, 0.15) is 48.5 Å². The van der Waals surface area contributed by atoms with Crippen LogP contribution in [0.3, 0.4) is 0 Å². The highest BCUT2D eigenvalue weighted by Crippen LogP contribution is 2.29. The zero-order chi connectivity index (χ0) is 23.8. The van der Waals surface area contributed by atoms with Gasteiger partial charge < -0.3 is 19.5 Å². The molecular formula is C24H32N2O6S. The summed E-state index contributed by atoms with van der Waals surface area (Å²) in [4.78, 5) is 13.1. The molecule has 1 saturated heterocycles. The number of carbonyl (C=O) groups excluding carboxylic acids is 1. The van der Waals surface area contributed by atoms with Crippen LogP contribution in [0.15, 0.2) is 41.3 Å². The van der Waals surface area contributed by atoms with Gasteiger partial charge in [-0.15, -0.1) is 0 Å². The molecule has 0 atom stereocenters. The molecular weight excluding hydrogens is 444 g/mol. The molecule has 0 aliphatic carbocycles. The quantitative estimate of drug-likeness (QED) is 0.594. The highest BCUT2D eigenvalue weighted by Gasteiger charge is 2.27. The van der Waals surface area contributed by atoms with E-state index in [0.717, 1.165) is 31.2 Å². The summed E-state index contributed by atoms with van der Waals surface area (Å²) in [6, 6.07) is 9.84. The maximum Gasteiger partial charge on any atom is 0.255 e. The molecule has 1 heterocycles. The molecule has 0 spiro atoms. The molecule has 0 saturated carbocycles. The predicted octanol–water partition coefficient (Wildman–Crippen LogP) is 3.60. The van der Waals surface area contributed by atoms with Gasteiger partial charge in [0.15, 0.2) is 11.5 Å². The summed E-state index contributed by atoms with van der Waals surface area (Å²) in [7, 11) is -0.678. The van der Waals surface area contributed by atoms with Gasteiger partial charge in [0.25, 0.3) is 5.91 Å². The van der Waals surface area contributed by atoms with Crippen molar-refractivity contribution in [2.75, 3.05) is 33.9 Å². The van der Waals surface area contributed by atoms with Gasteiger partial charge in [0.2, 0.25) is 10.0 Å². The van der Waals surface area contributed by atoms with Crippen molar-refractivity contribution in [3.8, 4) is 17.2 Å². The number of methoxy groups -OCH3 is 2. The third kappa shape index (κ3) is 5.97. The van der Waals surface area contributed by atoms with Crippen LogP contribution in [0.5, 0.6) is 17.2 Å². The Kier molecular flexibility index (Phi) is 8.57. The van der Waals surface area contributed by atoms with Crippen LogP contribution in [-0.4, -0.2) is 52.5 Å². The first-order valence-electron chi connectivity index (χ1n) is 11.2. The van der Waals surface area contributed by atoms with E-state index in [-0.39, 0.29) is 17.0 Å². The summed E-state index contributed by atoms with van der Waals surface area (Å²) in [5.74, 6) is 1.09. The fourth-order valence-electron chi connectivity index (χ4n) is 3.83. The van der Waals surface area contributed by atoms with Crippen molar-refractivity contribution in [3.05, 3.63) is 47.5 Å². The van der Waals surface area contributed by atoms with Gasteiger partial charge in [-0.1, -0.05) is 18.9 Å². The van der Waals surface area contributed by atoms with Crippen molar-refractivity contribution in [2.24, 2.45) is 0 Å². The summed E-state index contributed by atoms with van der Waals surface area (Å²) in [5.41, 5.74) is 0.988. The number of sulfonamides is 1. The molecule has 1 aliphatic heterocycles. The van der Waals surface area contributed by atoms with E-state index >= 15 is 0 Å². The lowest BCUT2D eigenvalue weighted by Gasteiger charge is -2.20. The molecule has 0 radical (unpaired) electrons. The average Bonchev–Trinajstić information content (AvgIpc) is 3.13. The van der Waals surface area contributed by atoms with E-state index in [9.17, 15) is 13.2 Å². The Morgan fingerprint density at radius 2 is 1.61 bits per heavy atom. The third-order valence-electron chi connectivity index (χ3n) is 5.60. The summed E-state index contributed by atoms with van der Waals surface area (Å²) in [6.45, 7) is 3.63. The number of hydrogen-bond donors (Lipinski definition) is 1. The molecule has 2 aromatic rings. The second-order valence-electron chi connectivity index (χ2n) is 7.78. The number of amides is 1. The zero-order valence-corrected chi connectivity index (χ0v) is 20.2. The van der Waals surface area contributed by atoms with Crippen LogP contribution in [0, 0.1) is 0 Å². The second kappa shape index (κ2) is 11.4. The van der Waals surface area contributed by atoms with Crippen molar-refractivity contribution in [3.63, 3.8) is 0 Å². The number of nitrogens with one attached hydrogen (secondary N) is 1. The number of nitrogens with zero attached hydrogens (tertiary/aromatic N) is 1. The number of benzene rings is 2. The van der Waals surface area contributed by atoms with Gasteiger partial charge >= 0.3 is 0 Å². The fourth-order valence-corrected chi connectivity index (χ4v) is 5.37. The Hall–Kier alpha value is -2.78. The summed E-state index contributed by atoms with van der Waals surface area (Å²) in [5, 5.41) is 2.84. The van der Waals surface area contributed by atoms with Crippen molar-refractivity contribution >= 4 is 15.9 Å². The van der Waals surface area contributed by atoms with Gasteiger partial charge in [-0.2, -0.15) is 4.31 Å². The van der Waals surface area contributed by atoms with E-state index in [0.29, 0.717) is 36.9 Å². The van der Waals surface area contributed by atoms with E-state index in [1.165, 1.54) is 29.6 Å². The number of carbonyl (C=O) groups is 1. The minimum atomic E-state index is -3.69. The SMILES string of the molecule is CCOc1ccc(CNC(=O)c2cc(S(=O)(=O)N3CCCCCC3)ccc2OC)cc1OC. The van der Waals surface area contributed by atoms with Gasteiger partial charge in [0.1, 0.15) is 5.75 Å². The van der Waals surface area contributed by atoms with Crippen molar-refractivity contribution < 1.29 is 27.4 Å². The molecule has 0 bridgehead atoms. The lowest BCUT2D eigenvalue weighted by Crippen LogP contribution is -2.32. The Morgan fingerprint density at radius 3 is 2.24 bits per heavy atom. The molecule has 33 heavy (non-hydrogen) atoms. The molecule has 3 rings (SSSR count). The van der Waals surface area contributed by atoms with Gasteiger partial charge in [-0.25, -0.2) is 8.42 Å². The first-order valence-corrected chi connectivity index (χ1v) is 12.6. The van der Waals surface area contributed by atoms with Gasteiger partial charge in [-0.3, -0.25) is 4.79 Å². The van der Waals surface area contributed by atoms with Crippen LogP contribution in [0.2, 0.25) is 0 Å². The van der Waals surface area contributed by atoms with Gasteiger partial charge in [0.05, 0.1) is 31.3 Å². The van der Waals surface area contributed by atoms with E-state index in [1.54, 1.807) is 19.2 Å². The molecule has 8 nitrogen and oxygen atoms in total. The monoisotopic (exact) mass is 476 g/mol. The van der Waals surface area contributed by atoms with Crippen LogP contribution in [0.4, 0.5) is 0 Å². The summed E-state index contributed by atoms with van der Waals surface area (Å²) < 4.78 is 44.1. The molecule has 0 aromatic heterocycles. The fraction of sp³-hybridized carbons (Fsp3) is 0.458. The van der Waals surface area contributed by atoms with Crippen molar-refractivity contribution in [1.29, 1.82) is 0 Å². The topological polar surface area (TPSA) is 94.2 Å². The summed E-state index contributed by atoms with van der Waals surface area (Å²) >= 11 is 0. The summed E-state index contributed by atoms with van der Waals surface area (Å²) in [6.07, 6.45) is 3.74. The van der Waals surface area contributed by atoms with Crippen LogP contribution < -0.4 is 19.5 Å². The highest BCUT2D eigenvalue weighted by molar-refractivity contribution is 7.89. The minimum Gasteiger partial charge on any atom is -0.496 e. The number of hydrogen-bond acceptors (Lipinski definition) is 6. The molecule has 0 unspecified atom stereocenters. The van der Waals surface area contributed by atoms with Gasteiger partial charge in [0, 0.05) is 19.6 Å². The average molecular weight is 477 g/mol. The lowest BCUT2D eigenvalue weighted by atomic mass is 10.1. The van der Waals surface area contributed by atoms with E-state index in [1.807, 2.05) is 13.0 Å². The predicted molar refractivity (Wildman–Crippen MR) is 126 cm³/mol. The standard InChI is InChI=1S/C24H32N2O6S/c1-4-32-22-11-9-18(15-23(22)31-3)17-25-24(27)20-16-19(10-12-21(20)30-2)33(28,29)26-13-7-5-6-8-14-26/h9-12,15-16H,4-8,13-14,17H2,1-3H3,(H,25,27). The first-order chi connectivity index (χ1) is 15.9. The number of rotatable bonds is 9. The molecule has 1 fully saturated rings. The number of ether oxygens (including phenoxy) is 3. The molecule has 2 aromatic carbocycles. The molecule has 1 amide bonds. The Balaban J connectivity index is 1.80. The van der Waals surface area contributed by atoms with Crippen molar-refractivity contribution in [2.45, 2.75) is 44.0 Å². The van der Waals surface area contributed by atoms with E-state index < -0.39 is 15.9 Å². The van der Waals surface area contributed by atoms with Gasteiger partial charge in [-0.05, 0) is 55.7 Å². The second-order valence-corrected chi connectivity index (χ2v) is 9.72. The third-order valence-corrected chi connectivity index (χ3v) is 7.49. The Morgan fingerprint density at radius 1 is 0.939 bits per heavy atom. The normalized spacial score (nSPS) is 14.9.